The Kier molecular flexibility index (Phi) is 8.94. The lowest BCUT2D eigenvalue weighted by Gasteiger charge is -2.05. The number of alkyl carbamates (subject to hydrolysis) is 1. The van der Waals surface area contributed by atoms with Crippen LogP contribution < -0.4 is 10.6 Å². The van der Waals surface area contributed by atoms with E-state index in [0.29, 0.717) is 32.5 Å². The Balaban J connectivity index is 3.14. The van der Waals surface area contributed by atoms with Crippen LogP contribution in [-0.4, -0.2) is 32.2 Å². The number of unbranched alkanes of at least 4 members (excludes halogenated alkanes) is 1. The van der Waals surface area contributed by atoms with Crippen molar-refractivity contribution in [3.05, 3.63) is 0 Å². The normalized spacial score (nSPS) is 9.21. The number of hydrogen-bond acceptors (Lipinski definition) is 3. The SMILES string of the molecule is CCCCOC(=O)NCCCNC=O. The molecule has 0 bridgehead atoms. The van der Waals surface area contributed by atoms with Crippen LogP contribution in [0.2, 0.25) is 0 Å². The predicted molar refractivity (Wildman–Crippen MR) is 52.9 cm³/mol. The minimum absolute atomic E-state index is 0.385. The fourth-order valence-electron chi connectivity index (χ4n) is 0.800. The Labute approximate surface area is 84.2 Å². The zero-order valence-corrected chi connectivity index (χ0v) is 8.54. The number of rotatable bonds is 8. The molecule has 0 aliphatic heterocycles. The highest BCUT2D eigenvalue weighted by Crippen LogP contribution is 1.88. The molecular weight excluding hydrogens is 184 g/mol. The fraction of sp³-hybridized carbons (Fsp3) is 0.778. The number of hydrogen-bond donors (Lipinski definition) is 2. The van der Waals surface area contributed by atoms with Crippen molar-refractivity contribution in [1.82, 2.24) is 10.6 Å². The lowest BCUT2D eigenvalue weighted by atomic mass is 10.4. The van der Waals surface area contributed by atoms with E-state index in [2.05, 4.69) is 10.6 Å². The van der Waals surface area contributed by atoms with Crippen molar-refractivity contribution < 1.29 is 14.3 Å². The predicted octanol–water partition coefficient (Wildman–Crippen LogP) is 0.649. The van der Waals surface area contributed by atoms with Crippen LogP contribution in [0.4, 0.5) is 4.79 Å². The number of nitrogens with one attached hydrogen (secondary N) is 2. The Hall–Kier alpha value is -1.26. The van der Waals surface area contributed by atoms with Gasteiger partial charge in [-0.3, -0.25) is 4.79 Å². The van der Waals surface area contributed by atoms with Gasteiger partial charge in [-0.05, 0) is 12.8 Å². The smallest absolute Gasteiger partial charge is 0.407 e. The maximum atomic E-state index is 10.9. The first-order chi connectivity index (χ1) is 6.81. The third-order valence-corrected chi connectivity index (χ3v) is 1.58. The summed E-state index contributed by atoms with van der Waals surface area (Å²) in [5.41, 5.74) is 0. The maximum Gasteiger partial charge on any atom is 0.407 e. The fourth-order valence-corrected chi connectivity index (χ4v) is 0.800. The molecule has 0 saturated carbocycles. The molecule has 5 nitrogen and oxygen atoms in total. The number of carbonyl (C=O) groups is 2. The van der Waals surface area contributed by atoms with Gasteiger partial charge in [0.15, 0.2) is 0 Å². The summed E-state index contributed by atoms with van der Waals surface area (Å²) in [6.45, 7) is 3.59. The van der Waals surface area contributed by atoms with E-state index in [1.54, 1.807) is 0 Å². The maximum absolute atomic E-state index is 10.9. The molecule has 0 heterocycles. The van der Waals surface area contributed by atoms with E-state index in [1.807, 2.05) is 6.92 Å². The van der Waals surface area contributed by atoms with E-state index < -0.39 is 0 Å². The minimum Gasteiger partial charge on any atom is -0.450 e. The monoisotopic (exact) mass is 202 g/mol. The van der Waals surface area contributed by atoms with Gasteiger partial charge in [0.25, 0.3) is 0 Å². The summed E-state index contributed by atoms with van der Waals surface area (Å²) in [5, 5.41) is 5.08. The van der Waals surface area contributed by atoms with Crippen molar-refractivity contribution in [2.24, 2.45) is 0 Å². The Morgan fingerprint density at radius 3 is 2.79 bits per heavy atom. The largest absolute Gasteiger partial charge is 0.450 e. The van der Waals surface area contributed by atoms with Crippen LogP contribution in [0.5, 0.6) is 0 Å². The van der Waals surface area contributed by atoms with Crippen molar-refractivity contribution >= 4 is 12.5 Å². The molecule has 0 aromatic carbocycles. The van der Waals surface area contributed by atoms with Gasteiger partial charge in [-0.15, -0.1) is 0 Å². The minimum atomic E-state index is -0.385. The number of ether oxygens (including phenoxy) is 1. The van der Waals surface area contributed by atoms with E-state index in [0.717, 1.165) is 12.8 Å². The van der Waals surface area contributed by atoms with Crippen molar-refractivity contribution in [2.45, 2.75) is 26.2 Å². The van der Waals surface area contributed by atoms with Gasteiger partial charge >= 0.3 is 6.09 Å². The molecule has 0 aliphatic rings. The molecule has 5 heteroatoms. The van der Waals surface area contributed by atoms with Gasteiger partial charge < -0.3 is 15.4 Å². The molecule has 2 amide bonds. The van der Waals surface area contributed by atoms with Crippen LogP contribution in [0.1, 0.15) is 26.2 Å². The molecule has 0 fully saturated rings. The molecule has 0 spiro atoms. The quantitative estimate of drug-likeness (QED) is 0.448. The molecule has 0 aromatic rings. The molecular formula is C9H18N2O3. The first-order valence-electron chi connectivity index (χ1n) is 4.89. The summed E-state index contributed by atoms with van der Waals surface area (Å²) >= 11 is 0. The second-order valence-corrected chi connectivity index (χ2v) is 2.84. The molecule has 0 unspecified atom stereocenters. The Bertz CT molecular complexity index is 162. The average Bonchev–Trinajstić information content (AvgIpc) is 2.18. The van der Waals surface area contributed by atoms with Crippen LogP contribution in [0.25, 0.3) is 0 Å². The highest BCUT2D eigenvalue weighted by atomic mass is 16.5. The molecule has 0 aromatic heterocycles. The van der Waals surface area contributed by atoms with Crippen LogP contribution in [0.15, 0.2) is 0 Å². The molecule has 0 radical (unpaired) electrons. The summed E-state index contributed by atoms with van der Waals surface area (Å²) in [6.07, 6.45) is 2.86. The van der Waals surface area contributed by atoms with Crippen LogP contribution in [-0.2, 0) is 9.53 Å². The van der Waals surface area contributed by atoms with E-state index in [1.165, 1.54) is 0 Å². The highest BCUT2D eigenvalue weighted by molar-refractivity contribution is 5.66. The van der Waals surface area contributed by atoms with Crippen LogP contribution >= 0.6 is 0 Å². The van der Waals surface area contributed by atoms with Gasteiger partial charge in [0, 0.05) is 13.1 Å². The number of carbonyl (C=O) groups excluding carboxylic acids is 2. The Morgan fingerprint density at radius 2 is 2.14 bits per heavy atom. The molecule has 2 N–H and O–H groups in total. The summed E-state index contributed by atoms with van der Waals surface area (Å²) in [6, 6.07) is 0. The van der Waals surface area contributed by atoms with Gasteiger partial charge in [-0.2, -0.15) is 0 Å². The second kappa shape index (κ2) is 9.83. The molecule has 0 atom stereocenters. The summed E-state index contributed by atoms with van der Waals surface area (Å²) in [7, 11) is 0. The van der Waals surface area contributed by atoms with E-state index in [9.17, 15) is 9.59 Å². The van der Waals surface area contributed by atoms with Crippen molar-refractivity contribution in [3.63, 3.8) is 0 Å². The first kappa shape index (κ1) is 12.7. The lowest BCUT2D eigenvalue weighted by molar-refractivity contribution is -0.109. The lowest BCUT2D eigenvalue weighted by Crippen LogP contribution is -2.27. The van der Waals surface area contributed by atoms with E-state index >= 15 is 0 Å². The van der Waals surface area contributed by atoms with Crippen molar-refractivity contribution in [1.29, 1.82) is 0 Å². The van der Waals surface area contributed by atoms with Gasteiger partial charge in [0.1, 0.15) is 0 Å². The first-order valence-corrected chi connectivity index (χ1v) is 4.89. The van der Waals surface area contributed by atoms with Gasteiger partial charge in [0.05, 0.1) is 6.61 Å². The van der Waals surface area contributed by atoms with Gasteiger partial charge in [0.2, 0.25) is 6.41 Å². The highest BCUT2D eigenvalue weighted by Gasteiger charge is 1.98. The van der Waals surface area contributed by atoms with Gasteiger partial charge in [-0.25, -0.2) is 4.79 Å². The standard InChI is InChI=1S/C9H18N2O3/c1-2-3-7-14-9(13)11-6-4-5-10-8-12/h8H,2-7H2,1H3,(H,10,12)(H,11,13). The molecule has 0 rings (SSSR count). The third kappa shape index (κ3) is 8.83. The van der Waals surface area contributed by atoms with Crippen LogP contribution in [0, 0.1) is 0 Å². The topological polar surface area (TPSA) is 67.4 Å². The molecule has 82 valence electrons. The number of amides is 2. The molecule has 0 aliphatic carbocycles. The van der Waals surface area contributed by atoms with Crippen LogP contribution in [0.3, 0.4) is 0 Å². The summed E-state index contributed by atoms with van der Waals surface area (Å²) in [5.74, 6) is 0. The summed E-state index contributed by atoms with van der Waals surface area (Å²) < 4.78 is 4.85. The van der Waals surface area contributed by atoms with Gasteiger partial charge in [-0.1, -0.05) is 13.3 Å². The van der Waals surface area contributed by atoms with E-state index in [-0.39, 0.29) is 6.09 Å². The third-order valence-electron chi connectivity index (χ3n) is 1.58. The van der Waals surface area contributed by atoms with E-state index in [4.69, 9.17) is 4.74 Å². The molecule has 0 saturated heterocycles. The zero-order chi connectivity index (χ0) is 10.6. The Morgan fingerprint density at radius 1 is 1.36 bits per heavy atom. The van der Waals surface area contributed by atoms with Crippen molar-refractivity contribution in [2.75, 3.05) is 19.7 Å². The second-order valence-electron chi connectivity index (χ2n) is 2.84. The average molecular weight is 202 g/mol. The summed E-state index contributed by atoms with van der Waals surface area (Å²) in [4.78, 5) is 20.8. The van der Waals surface area contributed by atoms with Crippen molar-refractivity contribution in [3.8, 4) is 0 Å². The molecule has 14 heavy (non-hydrogen) atoms. The zero-order valence-electron chi connectivity index (χ0n) is 8.54.